The van der Waals surface area contributed by atoms with Gasteiger partial charge in [-0.1, -0.05) is 36.7 Å². The van der Waals surface area contributed by atoms with Gasteiger partial charge in [0, 0.05) is 23.6 Å². The molecule has 0 aliphatic carbocycles. The van der Waals surface area contributed by atoms with E-state index in [4.69, 9.17) is 17.3 Å². The number of nitrogens with two attached hydrogens (primary N) is 1. The summed E-state index contributed by atoms with van der Waals surface area (Å²) < 4.78 is 2.01. The van der Waals surface area contributed by atoms with Gasteiger partial charge in [-0.15, -0.1) is 6.58 Å². The quantitative estimate of drug-likeness (QED) is 0.841. The van der Waals surface area contributed by atoms with E-state index in [1.807, 2.05) is 34.9 Å². The second-order valence-electron chi connectivity index (χ2n) is 4.42. The predicted molar refractivity (Wildman–Crippen MR) is 81.3 cm³/mol. The molecule has 0 aliphatic heterocycles. The molecule has 0 saturated heterocycles. The maximum absolute atomic E-state index is 6.21. The number of nitrogen functional groups attached to an aromatic ring is 1. The van der Waals surface area contributed by atoms with Crippen LogP contribution in [0.25, 0.3) is 11.3 Å². The predicted octanol–water partition coefficient (Wildman–Crippen LogP) is 3.92. The van der Waals surface area contributed by atoms with Crippen LogP contribution in [0.2, 0.25) is 5.02 Å². The molecule has 0 unspecified atom stereocenters. The molecule has 19 heavy (non-hydrogen) atoms. The lowest BCUT2D eigenvalue weighted by molar-refractivity contribution is 0.724. The van der Waals surface area contributed by atoms with Crippen molar-refractivity contribution >= 4 is 17.4 Å². The summed E-state index contributed by atoms with van der Waals surface area (Å²) in [6.07, 6.45) is 3.78. The Hall–Kier alpha value is -1.74. The van der Waals surface area contributed by atoms with Crippen molar-refractivity contribution in [1.82, 2.24) is 9.55 Å². The standard InChI is InChI=1S/C15H18ClN3/c1-3-5-13-18-14(15(17)19(13)10-4-2)11-6-8-12(16)9-7-11/h4,6-9H,2-3,5,10,17H2,1H3. The largest absolute Gasteiger partial charge is 0.383 e. The number of hydrogen-bond donors (Lipinski definition) is 1. The molecule has 1 heterocycles. The van der Waals surface area contributed by atoms with Gasteiger partial charge in [-0.05, 0) is 18.6 Å². The van der Waals surface area contributed by atoms with Crippen LogP contribution in [0.1, 0.15) is 19.2 Å². The first-order chi connectivity index (χ1) is 9.17. The lowest BCUT2D eigenvalue weighted by Crippen LogP contribution is -2.05. The Labute approximate surface area is 118 Å². The Morgan fingerprint density at radius 2 is 2.05 bits per heavy atom. The van der Waals surface area contributed by atoms with Crippen molar-refractivity contribution in [3.63, 3.8) is 0 Å². The summed E-state index contributed by atoms with van der Waals surface area (Å²) in [7, 11) is 0. The fraction of sp³-hybridized carbons (Fsp3) is 0.267. The number of halogens is 1. The molecule has 2 rings (SSSR count). The highest BCUT2D eigenvalue weighted by molar-refractivity contribution is 6.30. The van der Waals surface area contributed by atoms with Gasteiger partial charge in [-0.2, -0.15) is 0 Å². The summed E-state index contributed by atoms with van der Waals surface area (Å²) in [5.41, 5.74) is 8.02. The minimum atomic E-state index is 0.682. The number of anilines is 1. The summed E-state index contributed by atoms with van der Waals surface area (Å²) in [5, 5.41) is 0.710. The SMILES string of the molecule is C=CCn1c(CCC)nc(-c2ccc(Cl)cc2)c1N. The summed E-state index contributed by atoms with van der Waals surface area (Å²) in [6.45, 7) is 6.58. The maximum atomic E-state index is 6.21. The van der Waals surface area contributed by atoms with E-state index in [1.165, 1.54) is 0 Å². The lowest BCUT2D eigenvalue weighted by Gasteiger charge is -2.06. The Morgan fingerprint density at radius 3 is 2.63 bits per heavy atom. The van der Waals surface area contributed by atoms with Crippen LogP contribution in [0.3, 0.4) is 0 Å². The molecule has 0 aliphatic rings. The Kier molecular flexibility index (Phi) is 4.27. The number of aromatic nitrogens is 2. The van der Waals surface area contributed by atoms with Crippen LogP contribution in [-0.4, -0.2) is 9.55 Å². The van der Waals surface area contributed by atoms with Crippen LogP contribution in [-0.2, 0) is 13.0 Å². The summed E-state index contributed by atoms with van der Waals surface area (Å²) >= 11 is 5.90. The molecule has 2 N–H and O–H groups in total. The molecule has 0 atom stereocenters. The van der Waals surface area contributed by atoms with E-state index in [9.17, 15) is 0 Å². The second kappa shape index (κ2) is 5.93. The van der Waals surface area contributed by atoms with E-state index in [2.05, 4.69) is 18.5 Å². The van der Waals surface area contributed by atoms with Crippen LogP contribution in [0, 0.1) is 0 Å². The molecule has 1 aromatic carbocycles. The van der Waals surface area contributed by atoms with Crippen molar-refractivity contribution in [3.05, 3.63) is 47.8 Å². The van der Waals surface area contributed by atoms with E-state index in [-0.39, 0.29) is 0 Å². The van der Waals surface area contributed by atoms with E-state index < -0.39 is 0 Å². The highest BCUT2D eigenvalue weighted by atomic mass is 35.5. The minimum Gasteiger partial charge on any atom is -0.383 e. The number of aryl methyl sites for hydroxylation is 1. The van der Waals surface area contributed by atoms with Gasteiger partial charge in [0.05, 0.1) is 0 Å². The Bertz CT molecular complexity index is 570. The maximum Gasteiger partial charge on any atom is 0.132 e. The molecule has 0 bridgehead atoms. The Balaban J connectivity index is 2.48. The lowest BCUT2D eigenvalue weighted by atomic mass is 10.1. The van der Waals surface area contributed by atoms with Gasteiger partial charge in [0.15, 0.2) is 0 Å². The van der Waals surface area contributed by atoms with Crippen LogP contribution in [0.15, 0.2) is 36.9 Å². The molecule has 3 nitrogen and oxygen atoms in total. The van der Waals surface area contributed by atoms with Gasteiger partial charge in [0.25, 0.3) is 0 Å². The fourth-order valence-corrected chi connectivity index (χ4v) is 2.21. The van der Waals surface area contributed by atoms with Gasteiger partial charge in [0.1, 0.15) is 17.3 Å². The smallest absolute Gasteiger partial charge is 0.132 e. The zero-order valence-electron chi connectivity index (χ0n) is 11.1. The van der Waals surface area contributed by atoms with E-state index in [0.29, 0.717) is 17.4 Å². The van der Waals surface area contributed by atoms with E-state index >= 15 is 0 Å². The molecule has 0 fully saturated rings. The summed E-state index contributed by atoms with van der Waals surface area (Å²) in [5.74, 6) is 1.69. The van der Waals surface area contributed by atoms with Crippen molar-refractivity contribution in [2.24, 2.45) is 0 Å². The number of rotatable bonds is 5. The van der Waals surface area contributed by atoms with Gasteiger partial charge >= 0.3 is 0 Å². The van der Waals surface area contributed by atoms with Crippen molar-refractivity contribution in [2.45, 2.75) is 26.3 Å². The number of benzene rings is 1. The highest BCUT2D eigenvalue weighted by Crippen LogP contribution is 2.28. The number of allylic oxidation sites excluding steroid dienone is 1. The third kappa shape index (κ3) is 2.82. The van der Waals surface area contributed by atoms with Crippen LogP contribution < -0.4 is 5.73 Å². The molecule has 0 saturated carbocycles. The van der Waals surface area contributed by atoms with Crippen LogP contribution in [0.5, 0.6) is 0 Å². The summed E-state index contributed by atoms with van der Waals surface area (Å²) in [4.78, 5) is 4.67. The molecular weight excluding hydrogens is 258 g/mol. The van der Waals surface area contributed by atoms with Gasteiger partial charge in [-0.3, -0.25) is 0 Å². The van der Waals surface area contributed by atoms with Gasteiger partial charge in [0.2, 0.25) is 0 Å². The average Bonchev–Trinajstić information content (AvgIpc) is 2.70. The van der Waals surface area contributed by atoms with Crippen molar-refractivity contribution in [1.29, 1.82) is 0 Å². The van der Waals surface area contributed by atoms with Crippen molar-refractivity contribution in [3.8, 4) is 11.3 Å². The number of hydrogen-bond acceptors (Lipinski definition) is 2. The first-order valence-electron chi connectivity index (χ1n) is 6.39. The molecule has 1 aromatic heterocycles. The molecular formula is C15H18ClN3. The van der Waals surface area contributed by atoms with Crippen LogP contribution >= 0.6 is 11.6 Å². The van der Waals surface area contributed by atoms with Crippen molar-refractivity contribution < 1.29 is 0 Å². The normalized spacial score (nSPS) is 10.6. The average molecular weight is 276 g/mol. The second-order valence-corrected chi connectivity index (χ2v) is 4.85. The Morgan fingerprint density at radius 1 is 1.37 bits per heavy atom. The molecule has 4 heteroatoms. The first-order valence-corrected chi connectivity index (χ1v) is 6.76. The molecule has 0 amide bonds. The molecule has 2 aromatic rings. The third-order valence-corrected chi connectivity index (χ3v) is 3.24. The van der Waals surface area contributed by atoms with Gasteiger partial charge < -0.3 is 10.3 Å². The minimum absolute atomic E-state index is 0.682. The topological polar surface area (TPSA) is 43.8 Å². The highest BCUT2D eigenvalue weighted by Gasteiger charge is 2.14. The third-order valence-electron chi connectivity index (χ3n) is 2.99. The van der Waals surface area contributed by atoms with Crippen molar-refractivity contribution in [2.75, 3.05) is 5.73 Å². The zero-order chi connectivity index (χ0) is 13.8. The van der Waals surface area contributed by atoms with E-state index in [0.717, 1.165) is 29.9 Å². The van der Waals surface area contributed by atoms with E-state index in [1.54, 1.807) is 0 Å². The zero-order valence-corrected chi connectivity index (χ0v) is 11.8. The molecule has 100 valence electrons. The molecule has 0 radical (unpaired) electrons. The fourth-order valence-electron chi connectivity index (χ4n) is 2.08. The van der Waals surface area contributed by atoms with Gasteiger partial charge in [-0.25, -0.2) is 4.98 Å². The number of imidazole rings is 1. The summed E-state index contributed by atoms with van der Waals surface area (Å²) in [6, 6.07) is 7.58. The number of nitrogens with zero attached hydrogens (tertiary/aromatic N) is 2. The first kappa shape index (κ1) is 13.7. The monoisotopic (exact) mass is 275 g/mol. The molecule has 0 spiro atoms. The van der Waals surface area contributed by atoms with Crippen LogP contribution in [0.4, 0.5) is 5.82 Å².